The van der Waals surface area contributed by atoms with E-state index in [1.165, 1.54) is 6.07 Å². The smallest absolute Gasteiger partial charge is 0.335 e. The molecule has 0 saturated heterocycles. The SMILES string of the molecule is Cc1nn(C)c(C)c1C(=O)NCc1cccc(C(=O)O)c1. The van der Waals surface area contributed by atoms with Gasteiger partial charge in [0.1, 0.15) is 0 Å². The quantitative estimate of drug-likeness (QED) is 0.895. The van der Waals surface area contributed by atoms with Crippen molar-refractivity contribution in [2.75, 3.05) is 0 Å². The van der Waals surface area contributed by atoms with Crippen molar-refractivity contribution in [3.8, 4) is 0 Å². The summed E-state index contributed by atoms with van der Waals surface area (Å²) in [6.07, 6.45) is 0. The second kappa shape index (κ2) is 5.78. The zero-order chi connectivity index (χ0) is 15.6. The summed E-state index contributed by atoms with van der Waals surface area (Å²) in [5.41, 5.74) is 2.97. The Morgan fingerprint density at radius 1 is 1.33 bits per heavy atom. The molecule has 1 heterocycles. The highest BCUT2D eigenvalue weighted by atomic mass is 16.4. The molecule has 0 fully saturated rings. The molecule has 110 valence electrons. The number of nitrogens with one attached hydrogen (secondary N) is 1. The van der Waals surface area contributed by atoms with E-state index in [4.69, 9.17) is 5.11 Å². The molecule has 0 saturated carbocycles. The van der Waals surface area contributed by atoms with Gasteiger partial charge in [-0.2, -0.15) is 5.10 Å². The molecular formula is C15H17N3O3. The molecule has 1 amide bonds. The number of amides is 1. The van der Waals surface area contributed by atoms with E-state index < -0.39 is 5.97 Å². The second-order valence-corrected chi connectivity index (χ2v) is 4.86. The van der Waals surface area contributed by atoms with Crippen molar-refractivity contribution < 1.29 is 14.7 Å². The fourth-order valence-electron chi connectivity index (χ4n) is 2.19. The van der Waals surface area contributed by atoms with E-state index in [1.54, 1.807) is 36.9 Å². The number of carboxylic acids is 1. The standard InChI is InChI=1S/C15H17N3O3/c1-9-13(10(2)18(3)17-9)14(19)16-8-11-5-4-6-12(7-11)15(20)21/h4-7H,8H2,1-3H3,(H,16,19)(H,20,21). The number of aryl methyl sites for hydroxylation is 2. The third-order valence-electron chi connectivity index (χ3n) is 3.36. The maximum absolute atomic E-state index is 12.2. The second-order valence-electron chi connectivity index (χ2n) is 4.86. The molecule has 0 aliphatic carbocycles. The van der Waals surface area contributed by atoms with Crippen LogP contribution in [0.4, 0.5) is 0 Å². The Labute approximate surface area is 122 Å². The van der Waals surface area contributed by atoms with E-state index in [1.807, 2.05) is 6.92 Å². The topological polar surface area (TPSA) is 84.2 Å². The lowest BCUT2D eigenvalue weighted by Crippen LogP contribution is -2.24. The van der Waals surface area contributed by atoms with Gasteiger partial charge in [0.05, 0.1) is 16.8 Å². The van der Waals surface area contributed by atoms with Crippen LogP contribution < -0.4 is 5.32 Å². The molecule has 0 radical (unpaired) electrons. The average Bonchev–Trinajstić information content (AvgIpc) is 2.70. The highest BCUT2D eigenvalue weighted by molar-refractivity contribution is 5.96. The minimum Gasteiger partial charge on any atom is -0.478 e. The number of hydrogen-bond acceptors (Lipinski definition) is 3. The van der Waals surface area contributed by atoms with E-state index in [0.717, 1.165) is 11.3 Å². The number of benzene rings is 1. The number of carboxylic acid groups (broad SMARTS) is 1. The van der Waals surface area contributed by atoms with Crippen LogP contribution in [-0.4, -0.2) is 26.8 Å². The normalized spacial score (nSPS) is 10.4. The first-order valence-electron chi connectivity index (χ1n) is 6.50. The van der Waals surface area contributed by atoms with Gasteiger partial charge in [0.2, 0.25) is 0 Å². The molecule has 0 unspecified atom stereocenters. The van der Waals surface area contributed by atoms with Gasteiger partial charge >= 0.3 is 5.97 Å². The van der Waals surface area contributed by atoms with Crippen LogP contribution in [0.2, 0.25) is 0 Å². The van der Waals surface area contributed by atoms with E-state index in [0.29, 0.717) is 11.3 Å². The van der Waals surface area contributed by atoms with E-state index >= 15 is 0 Å². The number of carbonyl (C=O) groups is 2. The van der Waals surface area contributed by atoms with Crippen molar-refractivity contribution in [3.05, 3.63) is 52.3 Å². The van der Waals surface area contributed by atoms with Gasteiger partial charge < -0.3 is 10.4 Å². The van der Waals surface area contributed by atoms with E-state index in [9.17, 15) is 9.59 Å². The van der Waals surface area contributed by atoms with Crippen molar-refractivity contribution in [3.63, 3.8) is 0 Å². The van der Waals surface area contributed by atoms with Gasteiger partial charge in [-0.15, -0.1) is 0 Å². The largest absolute Gasteiger partial charge is 0.478 e. The molecule has 0 atom stereocenters. The minimum absolute atomic E-state index is 0.204. The molecule has 6 heteroatoms. The van der Waals surface area contributed by atoms with Gasteiger partial charge in [0.25, 0.3) is 5.91 Å². The first-order chi connectivity index (χ1) is 9.90. The third-order valence-corrected chi connectivity index (χ3v) is 3.36. The molecule has 1 aromatic carbocycles. The van der Waals surface area contributed by atoms with Crippen LogP contribution in [0.1, 0.15) is 37.7 Å². The van der Waals surface area contributed by atoms with Crippen LogP contribution in [-0.2, 0) is 13.6 Å². The van der Waals surface area contributed by atoms with Gasteiger partial charge in [0, 0.05) is 19.3 Å². The van der Waals surface area contributed by atoms with Gasteiger partial charge in [-0.05, 0) is 31.5 Å². The summed E-state index contributed by atoms with van der Waals surface area (Å²) in [6.45, 7) is 3.89. The molecule has 1 aromatic heterocycles. The number of aromatic nitrogens is 2. The fraction of sp³-hybridized carbons (Fsp3) is 0.267. The zero-order valence-electron chi connectivity index (χ0n) is 12.2. The molecule has 2 rings (SSSR count). The van der Waals surface area contributed by atoms with Crippen LogP contribution in [0.3, 0.4) is 0 Å². The third kappa shape index (κ3) is 3.10. The average molecular weight is 287 g/mol. The molecule has 0 spiro atoms. The zero-order valence-corrected chi connectivity index (χ0v) is 12.2. The number of carbonyl (C=O) groups excluding carboxylic acids is 1. The Hall–Kier alpha value is -2.63. The predicted molar refractivity (Wildman–Crippen MR) is 77.3 cm³/mol. The van der Waals surface area contributed by atoms with Crippen LogP contribution in [0.25, 0.3) is 0 Å². The van der Waals surface area contributed by atoms with E-state index in [2.05, 4.69) is 10.4 Å². The Balaban J connectivity index is 2.11. The molecule has 0 aliphatic rings. The minimum atomic E-state index is -0.984. The van der Waals surface area contributed by atoms with Crippen LogP contribution in [0.15, 0.2) is 24.3 Å². The summed E-state index contributed by atoms with van der Waals surface area (Å²) in [7, 11) is 1.79. The van der Waals surface area contributed by atoms with E-state index in [-0.39, 0.29) is 18.0 Å². The summed E-state index contributed by atoms with van der Waals surface area (Å²) in [5, 5.41) is 15.9. The maximum atomic E-state index is 12.2. The lowest BCUT2D eigenvalue weighted by molar-refractivity contribution is 0.0696. The van der Waals surface area contributed by atoms with Gasteiger partial charge in [0.15, 0.2) is 0 Å². The maximum Gasteiger partial charge on any atom is 0.335 e. The Morgan fingerprint density at radius 3 is 2.62 bits per heavy atom. The van der Waals surface area contributed by atoms with Crippen LogP contribution >= 0.6 is 0 Å². The monoisotopic (exact) mass is 287 g/mol. The molecule has 0 aliphatic heterocycles. The van der Waals surface area contributed by atoms with Crippen molar-refractivity contribution >= 4 is 11.9 Å². The Kier molecular flexibility index (Phi) is 4.07. The Morgan fingerprint density at radius 2 is 2.05 bits per heavy atom. The van der Waals surface area contributed by atoms with Crippen molar-refractivity contribution in [2.24, 2.45) is 7.05 Å². The molecule has 2 aromatic rings. The molecule has 2 N–H and O–H groups in total. The van der Waals surface area contributed by atoms with Crippen LogP contribution in [0, 0.1) is 13.8 Å². The summed E-state index contributed by atoms with van der Waals surface area (Å²) in [5.74, 6) is -1.19. The predicted octanol–water partition coefficient (Wildman–Crippen LogP) is 1.67. The van der Waals surface area contributed by atoms with Crippen molar-refractivity contribution in [2.45, 2.75) is 20.4 Å². The summed E-state index contributed by atoms with van der Waals surface area (Å²) >= 11 is 0. The summed E-state index contributed by atoms with van der Waals surface area (Å²) in [6, 6.07) is 6.50. The first-order valence-corrected chi connectivity index (χ1v) is 6.50. The summed E-state index contributed by atoms with van der Waals surface area (Å²) < 4.78 is 1.66. The lowest BCUT2D eigenvalue weighted by atomic mass is 10.1. The van der Waals surface area contributed by atoms with Crippen molar-refractivity contribution in [1.29, 1.82) is 0 Å². The highest BCUT2D eigenvalue weighted by Crippen LogP contribution is 2.12. The number of hydrogen-bond donors (Lipinski definition) is 2. The van der Waals surface area contributed by atoms with Crippen LogP contribution in [0.5, 0.6) is 0 Å². The van der Waals surface area contributed by atoms with Gasteiger partial charge in [-0.3, -0.25) is 9.48 Å². The van der Waals surface area contributed by atoms with Gasteiger partial charge in [-0.1, -0.05) is 12.1 Å². The first kappa shape index (κ1) is 14.8. The molecular weight excluding hydrogens is 270 g/mol. The summed E-state index contributed by atoms with van der Waals surface area (Å²) in [4.78, 5) is 23.1. The lowest BCUT2D eigenvalue weighted by Gasteiger charge is -2.06. The highest BCUT2D eigenvalue weighted by Gasteiger charge is 2.16. The Bertz CT molecular complexity index is 704. The number of aromatic carboxylic acids is 1. The van der Waals surface area contributed by atoms with Gasteiger partial charge in [-0.25, -0.2) is 4.79 Å². The molecule has 0 bridgehead atoms. The van der Waals surface area contributed by atoms with Crippen molar-refractivity contribution in [1.82, 2.24) is 15.1 Å². The fourth-order valence-corrected chi connectivity index (χ4v) is 2.19. The molecule has 21 heavy (non-hydrogen) atoms. The number of nitrogens with zero attached hydrogens (tertiary/aromatic N) is 2. The number of rotatable bonds is 4. The molecule has 6 nitrogen and oxygen atoms in total.